The molecule has 14 heavy (non-hydrogen) atoms. The van der Waals surface area contributed by atoms with Crippen LogP contribution < -0.4 is 11.1 Å². The molecule has 0 saturated heterocycles. The van der Waals surface area contributed by atoms with Gasteiger partial charge in [0.1, 0.15) is 0 Å². The van der Waals surface area contributed by atoms with Crippen LogP contribution in [0.4, 0.5) is 0 Å². The summed E-state index contributed by atoms with van der Waals surface area (Å²) >= 11 is 0. The molecule has 3 N–H and O–H groups in total. The Morgan fingerprint density at radius 1 is 1.43 bits per heavy atom. The van der Waals surface area contributed by atoms with Gasteiger partial charge >= 0.3 is 0 Å². The van der Waals surface area contributed by atoms with E-state index in [2.05, 4.69) is 32.0 Å². The van der Waals surface area contributed by atoms with Gasteiger partial charge in [0.25, 0.3) is 0 Å². The highest BCUT2D eigenvalue weighted by Crippen LogP contribution is 2.08. The lowest BCUT2D eigenvalue weighted by Gasteiger charge is -2.22. The Hall–Kier alpha value is -0.520. The Morgan fingerprint density at radius 2 is 2.07 bits per heavy atom. The van der Waals surface area contributed by atoms with Crippen LogP contribution in [0.5, 0.6) is 0 Å². The average molecular weight is 196 g/mol. The summed E-state index contributed by atoms with van der Waals surface area (Å²) in [7, 11) is 0. The largest absolute Gasteiger partial charge is 0.330 e. The van der Waals surface area contributed by atoms with E-state index >= 15 is 0 Å². The second-order valence-corrected chi connectivity index (χ2v) is 4.16. The minimum Gasteiger partial charge on any atom is -0.330 e. The van der Waals surface area contributed by atoms with Crippen LogP contribution in [0.25, 0.3) is 0 Å². The van der Waals surface area contributed by atoms with Crippen molar-refractivity contribution in [2.75, 3.05) is 13.1 Å². The third-order valence-electron chi connectivity index (χ3n) is 2.77. The van der Waals surface area contributed by atoms with E-state index < -0.39 is 0 Å². The summed E-state index contributed by atoms with van der Waals surface area (Å²) in [5, 5.41) is 3.48. The minimum absolute atomic E-state index is 0.452. The first kappa shape index (κ1) is 13.5. The molecule has 0 rings (SSSR count). The van der Waals surface area contributed by atoms with Gasteiger partial charge in [-0.05, 0) is 31.3 Å². The van der Waals surface area contributed by atoms with Crippen molar-refractivity contribution in [2.45, 2.75) is 39.7 Å². The zero-order valence-corrected chi connectivity index (χ0v) is 9.72. The molecule has 82 valence electrons. The van der Waals surface area contributed by atoms with Gasteiger partial charge in [0.15, 0.2) is 0 Å². The predicted molar refractivity (Wildman–Crippen MR) is 62.9 cm³/mol. The lowest BCUT2D eigenvalue weighted by molar-refractivity contribution is 0.347. The van der Waals surface area contributed by atoms with E-state index in [4.69, 9.17) is 12.2 Å². The number of hydrogen-bond acceptors (Lipinski definition) is 2. The molecular formula is C12H24N2. The molecule has 0 aliphatic carbocycles. The van der Waals surface area contributed by atoms with E-state index in [-0.39, 0.29) is 0 Å². The summed E-state index contributed by atoms with van der Waals surface area (Å²) in [4.78, 5) is 0. The van der Waals surface area contributed by atoms with Gasteiger partial charge in [-0.2, -0.15) is 0 Å². The van der Waals surface area contributed by atoms with Crippen molar-refractivity contribution in [1.29, 1.82) is 0 Å². The topological polar surface area (TPSA) is 38.0 Å². The standard InChI is InChI=1S/C12H24N2/c1-5-7-12(6-2)14-9-11(8-13)10(3)4/h1,10-12,14H,6-9,13H2,2-4H3. The molecule has 0 aliphatic heterocycles. The Balaban J connectivity index is 3.82. The maximum Gasteiger partial charge on any atom is 0.0240 e. The van der Waals surface area contributed by atoms with Crippen molar-refractivity contribution in [3.05, 3.63) is 0 Å². The molecule has 2 heteroatoms. The predicted octanol–water partition coefficient (Wildman–Crippen LogP) is 1.61. The van der Waals surface area contributed by atoms with E-state index in [1.807, 2.05) is 0 Å². The van der Waals surface area contributed by atoms with Crippen LogP contribution in [-0.4, -0.2) is 19.1 Å². The number of terminal acetylenes is 1. The fraction of sp³-hybridized carbons (Fsp3) is 0.833. The summed E-state index contributed by atoms with van der Waals surface area (Å²) in [6.07, 6.45) is 7.18. The molecule has 0 radical (unpaired) electrons. The fourth-order valence-electron chi connectivity index (χ4n) is 1.41. The molecule has 2 atom stereocenters. The molecular weight excluding hydrogens is 172 g/mol. The maximum atomic E-state index is 5.70. The highest BCUT2D eigenvalue weighted by atomic mass is 14.9. The number of rotatable bonds is 7. The Morgan fingerprint density at radius 3 is 2.43 bits per heavy atom. The summed E-state index contributed by atoms with van der Waals surface area (Å²) in [6, 6.07) is 0.452. The van der Waals surface area contributed by atoms with Crippen molar-refractivity contribution in [1.82, 2.24) is 5.32 Å². The van der Waals surface area contributed by atoms with E-state index in [1.165, 1.54) is 0 Å². The van der Waals surface area contributed by atoms with Crippen LogP contribution in [0.3, 0.4) is 0 Å². The number of nitrogens with two attached hydrogens (primary N) is 1. The molecule has 0 heterocycles. The normalized spacial score (nSPS) is 15.1. The summed E-state index contributed by atoms with van der Waals surface area (Å²) in [6.45, 7) is 8.30. The monoisotopic (exact) mass is 196 g/mol. The van der Waals surface area contributed by atoms with E-state index in [0.717, 1.165) is 25.9 Å². The van der Waals surface area contributed by atoms with Crippen molar-refractivity contribution in [3.8, 4) is 12.3 Å². The highest BCUT2D eigenvalue weighted by molar-refractivity contribution is 4.89. The molecule has 0 saturated carbocycles. The van der Waals surface area contributed by atoms with Gasteiger partial charge in [-0.25, -0.2) is 0 Å². The van der Waals surface area contributed by atoms with Crippen molar-refractivity contribution in [3.63, 3.8) is 0 Å². The molecule has 0 aromatic rings. The molecule has 2 nitrogen and oxygen atoms in total. The van der Waals surface area contributed by atoms with Gasteiger partial charge in [-0.3, -0.25) is 0 Å². The molecule has 0 amide bonds. The number of hydrogen-bond donors (Lipinski definition) is 2. The van der Waals surface area contributed by atoms with Crippen LogP contribution in [0.2, 0.25) is 0 Å². The number of nitrogens with one attached hydrogen (secondary N) is 1. The first-order valence-electron chi connectivity index (χ1n) is 5.52. The van der Waals surface area contributed by atoms with Crippen LogP contribution in [0, 0.1) is 24.2 Å². The van der Waals surface area contributed by atoms with Gasteiger partial charge in [-0.1, -0.05) is 20.8 Å². The summed E-state index contributed by atoms with van der Waals surface area (Å²) < 4.78 is 0. The lowest BCUT2D eigenvalue weighted by Crippen LogP contribution is -2.37. The second-order valence-electron chi connectivity index (χ2n) is 4.16. The Bertz CT molecular complexity index is 170. The molecule has 0 spiro atoms. The van der Waals surface area contributed by atoms with Gasteiger partial charge in [0.2, 0.25) is 0 Å². The zero-order valence-electron chi connectivity index (χ0n) is 9.72. The van der Waals surface area contributed by atoms with E-state index in [0.29, 0.717) is 17.9 Å². The van der Waals surface area contributed by atoms with Gasteiger partial charge in [0.05, 0.1) is 0 Å². The van der Waals surface area contributed by atoms with Crippen molar-refractivity contribution in [2.24, 2.45) is 17.6 Å². The van der Waals surface area contributed by atoms with Crippen molar-refractivity contribution >= 4 is 0 Å². The first-order valence-corrected chi connectivity index (χ1v) is 5.52. The zero-order chi connectivity index (χ0) is 11.0. The lowest BCUT2D eigenvalue weighted by atomic mass is 9.95. The molecule has 0 aromatic carbocycles. The van der Waals surface area contributed by atoms with E-state index in [9.17, 15) is 0 Å². The fourth-order valence-corrected chi connectivity index (χ4v) is 1.41. The molecule has 0 bridgehead atoms. The molecule has 0 aromatic heterocycles. The minimum atomic E-state index is 0.452. The maximum absolute atomic E-state index is 5.70. The van der Waals surface area contributed by atoms with Gasteiger partial charge < -0.3 is 11.1 Å². The SMILES string of the molecule is C#CCC(CC)NCC(CN)C(C)C. The van der Waals surface area contributed by atoms with Crippen LogP contribution in [0.15, 0.2) is 0 Å². The van der Waals surface area contributed by atoms with Crippen LogP contribution in [-0.2, 0) is 0 Å². The quantitative estimate of drug-likeness (QED) is 0.607. The molecule has 2 unspecified atom stereocenters. The Labute approximate surface area is 88.6 Å². The highest BCUT2D eigenvalue weighted by Gasteiger charge is 2.12. The van der Waals surface area contributed by atoms with Gasteiger partial charge in [0, 0.05) is 12.5 Å². The molecule has 0 aliphatic rings. The van der Waals surface area contributed by atoms with Crippen molar-refractivity contribution < 1.29 is 0 Å². The van der Waals surface area contributed by atoms with Crippen LogP contribution in [0.1, 0.15) is 33.6 Å². The smallest absolute Gasteiger partial charge is 0.0240 e. The first-order chi connectivity index (χ1) is 6.65. The van der Waals surface area contributed by atoms with Gasteiger partial charge in [-0.15, -0.1) is 12.3 Å². The molecule has 0 fully saturated rings. The third-order valence-corrected chi connectivity index (χ3v) is 2.77. The summed E-state index contributed by atoms with van der Waals surface area (Å²) in [5.41, 5.74) is 5.70. The van der Waals surface area contributed by atoms with E-state index in [1.54, 1.807) is 0 Å². The summed E-state index contributed by atoms with van der Waals surface area (Å²) in [5.74, 6) is 3.89. The third kappa shape index (κ3) is 5.26. The van der Waals surface area contributed by atoms with Crippen LogP contribution >= 0.6 is 0 Å². The average Bonchev–Trinajstić information content (AvgIpc) is 2.16. The second kappa shape index (κ2) is 7.84. The Kier molecular flexibility index (Phi) is 7.55.